The van der Waals surface area contributed by atoms with Gasteiger partial charge in [0.2, 0.25) is 0 Å². The number of nitrogens with zero attached hydrogens (tertiary/aromatic N) is 1. The van der Waals surface area contributed by atoms with E-state index < -0.39 is 6.03 Å². The Morgan fingerprint density at radius 3 is 2.23 bits per heavy atom. The predicted molar refractivity (Wildman–Crippen MR) is 116 cm³/mol. The van der Waals surface area contributed by atoms with Gasteiger partial charge in [0.05, 0.1) is 12.2 Å². The lowest BCUT2D eigenvalue weighted by Crippen LogP contribution is -2.45. The second-order valence-corrected chi connectivity index (χ2v) is 7.82. The largest absolute Gasteiger partial charge is 0.373 e. The van der Waals surface area contributed by atoms with Crippen molar-refractivity contribution in [1.29, 1.82) is 0 Å². The van der Waals surface area contributed by atoms with E-state index in [1.807, 2.05) is 12.1 Å². The average Bonchev–Trinajstić information content (AvgIpc) is 2.71. The van der Waals surface area contributed by atoms with Crippen LogP contribution in [0.5, 0.6) is 0 Å². The fourth-order valence-corrected chi connectivity index (χ4v) is 3.78. The first-order chi connectivity index (χ1) is 14.4. The lowest BCUT2D eigenvalue weighted by molar-refractivity contribution is -0.0705. The van der Waals surface area contributed by atoms with Gasteiger partial charge in [-0.15, -0.1) is 0 Å². The highest BCUT2D eigenvalue weighted by atomic mass is 16.5. The molecule has 0 spiro atoms. The number of nitrogens with one attached hydrogen (secondary N) is 2. The van der Waals surface area contributed by atoms with Gasteiger partial charge in [-0.1, -0.05) is 36.4 Å². The summed E-state index contributed by atoms with van der Waals surface area (Å²) in [6.07, 6.45) is 0.448. The molecule has 1 aliphatic heterocycles. The van der Waals surface area contributed by atoms with Gasteiger partial charge in [0.15, 0.2) is 0 Å². The van der Waals surface area contributed by atoms with Crippen molar-refractivity contribution in [3.8, 4) is 0 Å². The molecule has 7 heteroatoms. The van der Waals surface area contributed by atoms with E-state index in [1.165, 1.54) is 5.56 Å². The molecule has 0 bridgehead atoms. The fraction of sp³-hybridized carbons (Fsp3) is 0.391. The van der Waals surface area contributed by atoms with Gasteiger partial charge in [-0.3, -0.25) is 9.69 Å². The maximum atomic E-state index is 12.6. The van der Waals surface area contributed by atoms with Crippen LogP contribution in [0.1, 0.15) is 40.9 Å². The first-order valence-corrected chi connectivity index (χ1v) is 10.3. The summed E-state index contributed by atoms with van der Waals surface area (Å²) < 4.78 is 5.82. The minimum Gasteiger partial charge on any atom is -0.373 e. The molecule has 1 fully saturated rings. The van der Waals surface area contributed by atoms with Gasteiger partial charge in [-0.2, -0.15) is 0 Å². The number of rotatable bonds is 7. The Labute approximate surface area is 177 Å². The normalized spacial score (nSPS) is 19.3. The second-order valence-electron chi connectivity index (χ2n) is 7.82. The number of amides is 3. The van der Waals surface area contributed by atoms with Crippen molar-refractivity contribution in [2.24, 2.45) is 5.73 Å². The summed E-state index contributed by atoms with van der Waals surface area (Å²) in [5.74, 6) is -0.132. The minimum atomic E-state index is -0.573. The number of carbonyl (C=O) groups excluding carboxylic acids is 2. The van der Waals surface area contributed by atoms with Gasteiger partial charge in [-0.05, 0) is 42.7 Å². The van der Waals surface area contributed by atoms with Crippen LogP contribution in [0, 0.1) is 0 Å². The Morgan fingerprint density at radius 2 is 1.60 bits per heavy atom. The Kier molecular flexibility index (Phi) is 7.43. The third-order valence-electron chi connectivity index (χ3n) is 5.13. The Morgan fingerprint density at radius 1 is 0.967 bits per heavy atom. The summed E-state index contributed by atoms with van der Waals surface area (Å²) in [5, 5.41) is 5.54. The van der Waals surface area contributed by atoms with E-state index in [4.69, 9.17) is 10.5 Å². The van der Waals surface area contributed by atoms with Gasteiger partial charge >= 0.3 is 6.03 Å². The van der Waals surface area contributed by atoms with Crippen LogP contribution in [0.15, 0.2) is 48.5 Å². The molecule has 0 aliphatic carbocycles. The Bertz CT molecular complexity index is 859. The van der Waals surface area contributed by atoms with E-state index in [-0.39, 0.29) is 18.1 Å². The van der Waals surface area contributed by atoms with E-state index >= 15 is 0 Å². The van der Waals surface area contributed by atoms with Gasteiger partial charge in [-0.25, -0.2) is 4.79 Å². The second kappa shape index (κ2) is 10.2. The highest BCUT2D eigenvalue weighted by molar-refractivity contribution is 5.94. The number of hydrogen-bond acceptors (Lipinski definition) is 4. The molecule has 0 aromatic heterocycles. The highest BCUT2D eigenvalue weighted by Gasteiger charge is 2.22. The van der Waals surface area contributed by atoms with E-state index in [1.54, 1.807) is 24.3 Å². The van der Waals surface area contributed by atoms with Gasteiger partial charge in [0.1, 0.15) is 0 Å². The number of urea groups is 1. The molecule has 1 saturated heterocycles. The van der Waals surface area contributed by atoms with Crippen LogP contribution in [-0.2, 0) is 24.4 Å². The summed E-state index contributed by atoms with van der Waals surface area (Å²) in [5.41, 5.74) is 8.85. The van der Waals surface area contributed by atoms with E-state index in [9.17, 15) is 9.59 Å². The molecule has 0 saturated carbocycles. The van der Waals surface area contributed by atoms with Crippen LogP contribution in [-0.4, -0.2) is 42.1 Å². The molecule has 4 N–H and O–H groups in total. The summed E-state index contributed by atoms with van der Waals surface area (Å²) in [4.78, 5) is 25.7. The monoisotopic (exact) mass is 410 g/mol. The molecule has 3 rings (SSSR count). The number of morpholine rings is 1. The van der Waals surface area contributed by atoms with Crippen molar-refractivity contribution in [2.75, 3.05) is 13.1 Å². The predicted octanol–water partition coefficient (Wildman–Crippen LogP) is 2.39. The molecular formula is C23H30N4O3. The third kappa shape index (κ3) is 6.30. The van der Waals surface area contributed by atoms with Gasteiger partial charge in [0.25, 0.3) is 5.91 Å². The number of benzene rings is 2. The van der Waals surface area contributed by atoms with Gasteiger partial charge < -0.3 is 21.1 Å². The molecule has 2 aromatic carbocycles. The molecule has 7 nitrogen and oxygen atoms in total. The first-order valence-electron chi connectivity index (χ1n) is 10.3. The van der Waals surface area contributed by atoms with Gasteiger partial charge in [0, 0.05) is 38.3 Å². The highest BCUT2D eigenvalue weighted by Crippen LogP contribution is 2.17. The van der Waals surface area contributed by atoms with Crippen molar-refractivity contribution in [3.05, 3.63) is 70.8 Å². The number of nitrogens with two attached hydrogens (primary N) is 1. The topological polar surface area (TPSA) is 96.7 Å². The zero-order valence-corrected chi connectivity index (χ0v) is 17.6. The smallest absolute Gasteiger partial charge is 0.312 e. The molecule has 160 valence electrons. The van der Waals surface area contributed by atoms with Crippen molar-refractivity contribution in [3.63, 3.8) is 0 Å². The number of hydrogen-bond donors (Lipinski definition) is 3. The Hall–Kier alpha value is -2.90. The molecule has 2 unspecified atom stereocenters. The van der Waals surface area contributed by atoms with Crippen LogP contribution in [0.2, 0.25) is 0 Å². The quantitative estimate of drug-likeness (QED) is 0.653. The lowest BCUT2D eigenvalue weighted by Gasteiger charge is -2.35. The first kappa shape index (κ1) is 21.8. The summed E-state index contributed by atoms with van der Waals surface area (Å²) >= 11 is 0. The molecule has 30 heavy (non-hydrogen) atoms. The zero-order valence-electron chi connectivity index (χ0n) is 17.6. The molecule has 1 heterocycles. The number of primary amides is 1. The molecule has 3 amide bonds. The molecule has 2 atom stereocenters. The molecular weight excluding hydrogens is 380 g/mol. The van der Waals surface area contributed by atoms with Crippen molar-refractivity contribution >= 4 is 11.9 Å². The van der Waals surface area contributed by atoms with E-state index in [0.717, 1.165) is 30.8 Å². The van der Waals surface area contributed by atoms with Crippen molar-refractivity contribution in [1.82, 2.24) is 15.5 Å². The number of carbonyl (C=O) groups is 2. The van der Waals surface area contributed by atoms with Crippen LogP contribution >= 0.6 is 0 Å². The molecule has 1 aliphatic rings. The van der Waals surface area contributed by atoms with Crippen LogP contribution in [0.4, 0.5) is 4.79 Å². The standard InChI is InChI=1S/C23H30N4O3/c1-16-13-27(14-17(2)30-16)15-21-6-4-3-5-20(21)12-25-22(28)19-9-7-18(8-10-19)11-26-23(24)29/h3-10,16-17H,11-15H2,1-2H3,(H,25,28)(H3,24,26,29). The van der Waals surface area contributed by atoms with E-state index in [2.05, 4.69) is 41.5 Å². The van der Waals surface area contributed by atoms with Crippen LogP contribution in [0.3, 0.4) is 0 Å². The lowest BCUT2D eigenvalue weighted by atomic mass is 10.1. The SMILES string of the molecule is CC1CN(Cc2ccccc2CNC(=O)c2ccc(CNC(N)=O)cc2)CC(C)O1. The minimum absolute atomic E-state index is 0.132. The van der Waals surface area contributed by atoms with Crippen molar-refractivity contribution < 1.29 is 14.3 Å². The number of ether oxygens (including phenoxy) is 1. The fourth-order valence-electron chi connectivity index (χ4n) is 3.78. The van der Waals surface area contributed by atoms with Crippen LogP contribution < -0.4 is 16.4 Å². The average molecular weight is 411 g/mol. The van der Waals surface area contributed by atoms with E-state index in [0.29, 0.717) is 18.7 Å². The van der Waals surface area contributed by atoms with Crippen molar-refractivity contribution in [2.45, 2.75) is 45.7 Å². The maximum absolute atomic E-state index is 12.6. The molecule has 2 aromatic rings. The summed E-state index contributed by atoms with van der Waals surface area (Å²) in [7, 11) is 0. The molecule has 0 radical (unpaired) electrons. The maximum Gasteiger partial charge on any atom is 0.312 e. The summed E-state index contributed by atoms with van der Waals surface area (Å²) in [6, 6.07) is 14.7. The summed E-state index contributed by atoms with van der Waals surface area (Å²) in [6.45, 7) is 7.66. The van der Waals surface area contributed by atoms with Crippen LogP contribution in [0.25, 0.3) is 0 Å². The zero-order chi connectivity index (χ0) is 21.5. The third-order valence-corrected chi connectivity index (χ3v) is 5.13. The Balaban J connectivity index is 1.58.